The Morgan fingerprint density at radius 2 is 1.33 bits per heavy atom. The summed E-state index contributed by atoms with van der Waals surface area (Å²) in [4.78, 5) is 8.75. The van der Waals surface area contributed by atoms with Gasteiger partial charge in [0.2, 0.25) is 0 Å². The van der Waals surface area contributed by atoms with Crippen LogP contribution in [-0.4, -0.2) is 16.6 Å². The van der Waals surface area contributed by atoms with Crippen LogP contribution in [0, 0.1) is 0 Å². The molecule has 3 heteroatoms. The molecule has 0 aliphatic heterocycles. The van der Waals surface area contributed by atoms with Crippen LogP contribution in [0.5, 0.6) is 5.75 Å². The third kappa shape index (κ3) is 7.12. The van der Waals surface area contributed by atoms with E-state index >= 15 is 0 Å². The van der Waals surface area contributed by atoms with Crippen LogP contribution >= 0.6 is 0 Å². The largest absolute Gasteiger partial charge is 0.490 e. The molecule has 0 spiro atoms. The Morgan fingerprint density at radius 3 is 1.96 bits per heavy atom. The molecule has 0 amide bonds. The molecule has 0 aliphatic rings. The highest BCUT2D eigenvalue weighted by Crippen LogP contribution is 2.16. The maximum atomic E-state index is 5.73. The smallest absolute Gasteiger partial charge is 0.159 e. The molecule has 0 bridgehead atoms. The molecule has 3 nitrogen and oxygen atoms in total. The zero-order valence-electron chi connectivity index (χ0n) is 14.9. The Bertz CT molecular complexity index is 540. The number of hydrogen-bond donors (Lipinski definition) is 0. The van der Waals surface area contributed by atoms with Gasteiger partial charge in [-0.15, -0.1) is 0 Å². The lowest BCUT2D eigenvalue weighted by Gasteiger charge is -2.06. The van der Waals surface area contributed by atoms with Crippen molar-refractivity contribution in [3.8, 4) is 17.1 Å². The fourth-order valence-corrected chi connectivity index (χ4v) is 2.73. The quantitative estimate of drug-likeness (QED) is 0.445. The number of nitrogens with zero attached hydrogens (tertiary/aromatic N) is 2. The molecule has 0 atom stereocenters. The SMILES string of the molecule is CCCCCCCCCCCOc1cnc(-c2ccccc2)nc1. The summed E-state index contributed by atoms with van der Waals surface area (Å²) in [6.07, 6.45) is 15.5. The minimum absolute atomic E-state index is 0.742. The zero-order valence-corrected chi connectivity index (χ0v) is 14.9. The Labute approximate surface area is 146 Å². The second kappa shape index (κ2) is 11.6. The summed E-state index contributed by atoms with van der Waals surface area (Å²) in [6.45, 7) is 3.02. The number of aromatic nitrogens is 2. The molecule has 0 saturated carbocycles. The Morgan fingerprint density at radius 1 is 0.750 bits per heavy atom. The van der Waals surface area contributed by atoms with E-state index in [2.05, 4.69) is 16.9 Å². The minimum atomic E-state index is 0.742. The molecular formula is C21H30N2O. The highest BCUT2D eigenvalue weighted by atomic mass is 16.5. The molecule has 0 aliphatic carbocycles. The molecule has 0 unspecified atom stereocenters. The lowest BCUT2D eigenvalue weighted by Crippen LogP contribution is -1.99. The van der Waals surface area contributed by atoms with E-state index in [0.717, 1.165) is 30.2 Å². The van der Waals surface area contributed by atoms with Gasteiger partial charge in [-0.05, 0) is 6.42 Å². The molecule has 2 rings (SSSR count). The van der Waals surface area contributed by atoms with Gasteiger partial charge in [-0.3, -0.25) is 0 Å². The average molecular weight is 326 g/mol. The van der Waals surface area contributed by atoms with Crippen LogP contribution < -0.4 is 4.74 Å². The van der Waals surface area contributed by atoms with Crippen molar-refractivity contribution in [2.75, 3.05) is 6.61 Å². The van der Waals surface area contributed by atoms with Gasteiger partial charge in [0.15, 0.2) is 11.6 Å². The molecule has 1 heterocycles. The summed E-state index contributed by atoms with van der Waals surface area (Å²) in [7, 11) is 0. The highest BCUT2D eigenvalue weighted by Gasteiger charge is 2.01. The first kappa shape index (κ1) is 18.4. The van der Waals surface area contributed by atoms with Gasteiger partial charge in [-0.1, -0.05) is 88.6 Å². The van der Waals surface area contributed by atoms with Gasteiger partial charge in [0.25, 0.3) is 0 Å². The number of unbranched alkanes of at least 4 members (excludes halogenated alkanes) is 8. The van der Waals surface area contributed by atoms with E-state index in [4.69, 9.17) is 4.74 Å². The number of hydrogen-bond acceptors (Lipinski definition) is 3. The van der Waals surface area contributed by atoms with Crippen molar-refractivity contribution >= 4 is 0 Å². The zero-order chi connectivity index (χ0) is 16.9. The monoisotopic (exact) mass is 326 g/mol. The predicted molar refractivity (Wildman–Crippen MR) is 100 cm³/mol. The van der Waals surface area contributed by atoms with Crippen LogP contribution in [0.25, 0.3) is 11.4 Å². The average Bonchev–Trinajstić information content (AvgIpc) is 2.64. The van der Waals surface area contributed by atoms with Crippen molar-refractivity contribution in [1.82, 2.24) is 9.97 Å². The standard InChI is InChI=1S/C21H30N2O/c1-2-3-4-5-6-7-8-9-13-16-24-20-17-22-21(23-18-20)19-14-11-10-12-15-19/h10-12,14-15,17-18H,2-9,13,16H2,1H3. The summed E-state index contributed by atoms with van der Waals surface area (Å²) in [6, 6.07) is 10.0. The molecule has 1 aromatic heterocycles. The molecule has 130 valence electrons. The van der Waals surface area contributed by atoms with Gasteiger partial charge in [0.1, 0.15) is 0 Å². The Balaban J connectivity index is 1.55. The Kier molecular flexibility index (Phi) is 8.92. The van der Waals surface area contributed by atoms with Crippen LogP contribution in [0.4, 0.5) is 0 Å². The summed E-state index contributed by atoms with van der Waals surface area (Å²) in [5.74, 6) is 1.50. The highest BCUT2D eigenvalue weighted by molar-refractivity contribution is 5.54. The van der Waals surface area contributed by atoms with Crippen molar-refractivity contribution in [2.24, 2.45) is 0 Å². The first-order valence-electron chi connectivity index (χ1n) is 9.40. The summed E-state index contributed by atoms with van der Waals surface area (Å²) >= 11 is 0. The number of benzene rings is 1. The van der Waals surface area contributed by atoms with E-state index in [0.29, 0.717) is 0 Å². The second-order valence-corrected chi connectivity index (χ2v) is 6.29. The van der Waals surface area contributed by atoms with E-state index < -0.39 is 0 Å². The van der Waals surface area contributed by atoms with Crippen molar-refractivity contribution in [3.05, 3.63) is 42.7 Å². The molecule has 24 heavy (non-hydrogen) atoms. The van der Waals surface area contributed by atoms with Crippen LogP contribution in [0.2, 0.25) is 0 Å². The van der Waals surface area contributed by atoms with Crippen molar-refractivity contribution in [3.63, 3.8) is 0 Å². The van der Waals surface area contributed by atoms with Gasteiger partial charge in [0, 0.05) is 5.56 Å². The number of rotatable bonds is 12. The third-order valence-corrected chi connectivity index (χ3v) is 4.18. The first-order chi connectivity index (χ1) is 11.9. The summed E-state index contributed by atoms with van der Waals surface area (Å²) in [5, 5.41) is 0. The van der Waals surface area contributed by atoms with Gasteiger partial charge in [0.05, 0.1) is 19.0 Å². The third-order valence-electron chi connectivity index (χ3n) is 4.18. The van der Waals surface area contributed by atoms with Crippen LogP contribution in [-0.2, 0) is 0 Å². The maximum Gasteiger partial charge on any atom is 0.159 e. The van der Waals surface area contributed by atoms with Crippen molar-refractivity contribution in [2.45, 2.75) is 64.7 Å². The van der Waals surface area contributed by atoms with E-state index in [9.17, 15) is 0 Å². The van der Waals surface area contributed by atoms with Crippen molar-refractivity contribution < 1.29 is 4.74 Å². The second-order valence-electron chi connectivity index (χ2n) is 6.29. The lowest BCUT2D eigenvalue weighted by atomic mass is 10.1. The lowest BCUT2D eigenvalue weighted by molar-refractivity contribution is 0.302. The molecule has 1 aromatic carbocycles. The van der Waals surface area contributed by atoms with Crippen LogP contribution in [0.1, 0.15) is 64.7 Å². The predicted octanol–water partition coefficient (Wildman–Crippen LogP) is 6.05. The van der Waals surface area contributed by atoms with E-state index in [1.165, 1.54) is 51.4 Å². The number of ether oxygens (including phenoxy) is 1. The van der Waals surface area contributed by atoms with E-state index in [1.807, 2.05) is 30.3 Å². The summed E-state index contributed by atoms with van der Waals surface area (Å²) in [5.41, 5.74) is 1.03. The minimum Gasteiger partial charge on any atom is -0.490 e. The molecular weight excluding hydrogens is 296 g/mol. The fourth-order valence-electron chi connectivity index (χ4n) is 2.73. The van der Waals surface area contributed by atoms with Gasteiger partial charge in [-0.2, -0.15) is 0 Å². The summed E-state index contributed by atoms with van der Waals surface area (Å²) < 4.78 is 5.73. The molecule has 0 radical (unpaired) electrons. The maximum absolute atomic E-state index is 5.73. The van der Waals surface area contributed by atoms with Gasteiger partial charge >= 0.3 is 0 Å². The van der Waals surface area contributed by atoms with Crippen LogP contribution in [0.3, 0.4) is 0 Å². The molecule has 0 fully saturated rings. The van der Waals surface area contributed by atoms with Crippen LogP contribution in [0.15, 0.2) is 42.7 Å². The molecule has 0 saturated heterocycles. The molecule has 2 aromatic rings. The first-order valence-corrected chi connectivity index (χ1v) is 9.40. The van der Waals surface area contributed by atoms with Gasteiger partial charge < -0.3 is 4.74 Å². The molecule has 0 N–H and O–H groups in total. The van der Waals surface area contributed by atoms with E-state index in [-0.39, 0.29) is 0 Å². The normalized spacial score (nSPS) is 10.7. The van der Waals surface area contributed by atoms with Crippen molar-refractivity contribution in [1.29, 1.82) is 0 Å². The Hall–Kier alpha value is -1.90. The van der Waals surface area contributed by atoms with E-state index in [1.54, 1.807) is 12.4 Å². The fraction of sp³-hybridized carbons (Fsp3) is 0.524. The topological polar surface area (TPSA) is 35.0 Å². The van der Waals surface area contributed by atoms with Gasteiger partial charge in [-0.25, -0.2) is 9.97 Å².